The van der Waals surface area contributed by atoms with Crippen LogP contribution >= 0.6 is 0 Å². The molecule has 2 aliphatic heterocycles. The molecular formula is C17H24N2O. The summed E-state index contributed by atoms with van der Waals surface area (Å²) in [5.41, 5.74) is 2.71. The Balaban J connectivity index is 1.84. The normalized spacial score (nSPS) is 27.2. The van der Waals surface area contributed by atoms with Crippen molar-refractivity contribution in [1.82, 2.24) is 10.2 Å². The van der Waals surface area contributed by atoms with E-state index in [0.29, 0.717) is 0 Å². The van der Waals surface area contributed by atoms with Crippen molar-refractivity contribution in [2.24, 2.45) is 0 Å². The molecule has 2 heterocycles. The molecule has 1 N–H and O–H groups in total. The Labute approximate surface area is 121 Å². The van der Waals surface area contributed by atoms with Crippen molar-refractivity contribution in [1.29, 1.82) is 0 Å². The fourth-order valence-electron chi connectivity index (χ4n) is 3.30. The average Bonchev–Trinajstić information content (AvgIpc) is 2.76. The quantitative estimate of drug-likeness (QED) is 0.852. The van der Waals surface area contributed by atoms with Crippen LogP contribution in [0.1, 0.15) is 57.3 Å². The highest BCUT2D eigenvalue weighted by molar-refractivity contribution is 5.84. The van der Waals surface area contributed by atoms with Crippen LogP contribution in [-0.4, -0.2) is 23.4 Å². The molecule has 2 aliphatic rings. The van der Waals surface area contributed by atoms with E-state index >= 15 is 0 Å². The van der Waals surface area contributed by atoms with Gasteiger partial charge in [-0.05, 0) is 29.4 Å². The van der Waals surface area contributed by atoms with Gasteiger partial charge in [-0.25, -0.2) is 0 Å². The summed E-state index contributed by atoms with van der Waals surface area (Å²) < 4.78 is 0. The van der Waals surface area contributed by atoms with Crippen LogP contribution in [0.4, 0.5) is 0 Å². The largest absolute Gasteiger partial charge is 0.335 e. The maximum Gasteiger partial charge on any atom is 0.238 e. The molecule has 0 saturated carbocycles. The van der Waals surface area contributed by atoms with Gasteiger partial charge < -0.3 is 5.32 Å². The van der Waals surface area contributed by atoms with E-state index in [0.717, 1.165) is 13.0 Å². The van der Waals surface area contributed by atoms with Gasteiger partial charge in [-0.1, -0.05) is 51.5 Å². The zero-order valence-corrected chi connectivity index (χ0v) is 12.6. The van der Waals surface area contributed by atoms with Crippen LogP contribution in [0.25, 0.3) is 0 Å². The second-order valence-corrected chi connectivity index (χ2v) is 7.03. The number of carbonyl (C=O) groups is 1. The highest BCUT2D eigenvalue weighted by Gasteiger charge is 2.41. The molecule has 20 heavy (non-hydrogen) atoms. The van der Waals surface area contributed by atoms with Gasteiger partial charge in [0.2, 0.25) is 5.91 Å². The maximum absolute atomic E-state index is 12.1. The topological polar surface area (TPSA) is 32.3 Å². The first-order chi connectivity index (χ1) is 9.47. The van der Waals surface area contributed by atoms with E-state index in [4.69, 9.17) is 0 Å². The van der Waals surface area contributed by atoms with Crippen molar-refractivity contribution in [3.8, 4) is 0 Å². The molecule has 108 valence electrons. The molecule has 3 heteroatoms. The van der Waals surface area contributed by atoms with Crippen molar-refractivity contribution < 1.29 is 4.79 Å². The first-order valence-corrected chi connectivity index (χ1v) is 7.63. The smallest absolute Gasteiger partial charge is 0.238 e. The van der Waals surface area contributed by atoms with E-state index in [9.17, 15) is 4.79 Å². The van der Waals surface area contributed by atoms with Crippen molar-refractivity contribution in [2.45, 2.75) is 57.7 Å². The summed E-state index contributed by atoms with van der Waals surface area (Å²) in [6.45, 7) is 7.69. The first kappa shape index (κ1) is 13.6. The Bertz CT molecular complexity index is 501. The van der Waals surface area contributed by atoms with Crippen LogP contribution in [0.2, 0.25) is 0 Å². The second kappa shape index (κ2) is 4.88. The summed E-state index contributed by atoms with van der Waals surface area (Å²) >= 11 is 0. The molecule has 3 rings (SSSR count). The van der Waals surface area contributed by atoms with Crippen molar-refractivity contribution in [3.63, 3.8) is 0 Å². The Morgan fingerprint density at radius 2 is 1.85 bits per heavy atom. The Morgan fingerprint density at radius 1 is 1.15 bits per heavy atom. The Morgan fingerprint density at radius 3 is 2.50 bits per heavy atom. The average molecular weight is 272 g/mol. The molecule has 1 amide bonds. The minimum absolute atomic E-state index is 0.0711. The van der Waals surface area contributed by atoms with E-state index in [1.54, 1.807) is 0 Å². The molecule has 3 nitrogen and oxygen atoms in total. The SMILES string of the molecule is CC(C)(C)c1ccc(C2NC(=O)C3CCCCN32)cc1. The van der Waals surface area contributed by atoms with Gasteiger partial charge in [0.1, 0.15) is 6.17 Å². The van der Waals surface area contributed by atoms with Gasteiger partial charge in [0.05, 0.1) is 6.04 Å². The lowest BCUT2D eigenvalue weighted by Crippen LogP contribution is -2.38. The predicted octanol–water partition coefficient (Wildman–Crippen LogP) is 2.97. The zero-order valence-electron chi connectivity index (χ0n) is 12.6. The van der Waals surface area contributed by atoms with Gasteiger partial charge in [0.15, 0.2) is 0 Å². The molecule has 2 fully saturated rings. The van der Waals surface area contributed by atoms with Gasteiger partial charge in [-0.15, -0.1) is 0 Å². The minimum Gasteiger partial charge on any atom is -0.335 e. The molecule has 0 bridgehead atoms. The summed E-state index contributed by atoms with van der Waals surface area (Å²) in [5, 5.41) is 3.16. The fraction of sp³-hybridized carbons (Fsp3) is 0.588. The lowest BCUT2D eigenvalue weighted by molar-refractivity contribution is -0.122. The monoisotopic (exact) mass is 272 g/mol. The summed E-state index contributed by atoms with van der Waals surface area (Å²) in [4.78, 5) is 14.4. The van der Waals surface area contributed by atoms with Gasteiger partial charge in [-0.3, -0.25) is 9.69 Å². The van der Waals surface area contributed by atoms with Gasteiger partial charge in [-0.2, -0.15) is 0 Å². The Kier molecular flexibility index (Phi) is 3.33. The van der Waals surface area contributed by atoms with E-state index in [1.165, 1.54) is 24.0 Å². The Hall–Kier alpha value is -1.35. The van der Waals surface area contributed by atoms with Crippen LogP contribution in [0, 0.1) is 0 Å². The summed E-state index contributed by atoms with van der Waals surface area (Å²) in [6, 6.07) is 8.82. The summed E-state index contributed by atoms with van der Waals surface area (Å²) in [6.07, 6.45) is 3.44. The highest BCUT2D eigenvalue weighted by Crippen LogP contribution is 2.33. The third kappa shape index (κ3) is 2.35. The fourth-order valence-corrected chi connectivity index (χ4v) is 3.30. The summed E-state index contributed by atoms with van der Waals surface area (Å²) in [5.74, 6) is 0.203. The minimum atomic E-state index is 0.0711. The lowest BCUT2D eigenvalue weighted by atomic mass is 9.86. The number of nitrogens with zero attached hydrogens (tertiary/aromatic N) is 1. The molecule has 1 aromatic carbocycles. The molecular weight excluding hydrogens is 248 g/mol. The molecule has 2 saturated heterocycles. The second-order valence-electron chi connectivity index (χ2n) is 7.03. The van der Waals surface area contributed by atoms with E-state index in [-0.39, 0.29) is 23.5 Å². The van der Waals surface area contributed by atoms with Crippen LogP contribution in [0.15, 0.2) is 24.3 Å². The van der Waals surface area contributed by atoms with Crippen LogP contribution in [0.3, 0.4) is 0 Å². The van der Waals surface area contributed by atoms with E-state index in [2.05, 4.69) is 55.3 Å². The van der Waals surface area contributed by atoms with Crippen LogP contribution < -0.4 is 5.32 Å². The third-order valence-corrected chi connectivity index (χ3v) is 4.55. The number of nitrogens with one attached hydrogen (secondary N) is 1. The molecule has 0 aromatic heterocycles. The van der Waals surface area contributed by atoms with Gasteiger partial charge in [0, 0.05) is 6.54 Å². The van der Waals surface area contributed by atoms with Crippen LogP contribution in [-0.2, 0) is 10.2 Å². The molecule has 0 spiro atoms. The number of carbonyl (C=O) groups excluding carboxylic acids is 1. The highest BCUT2D eigenvalue weighted by atomic mass is 16.2. The van der Waals surface area contributed by atoms with E-state index in [1.807, 2.05) is 0 Å². The van der Waals surface area contributed by atoms with Gasteiger partial charge in [0.25, 0.3) is 0 Å². The van der Waals surface area contributed by atoms with Crippen molar-refractivity contribution >= 4 is 5.91 Å². The molecule has 2 atom stereocenters. The predicted molar refractivity (Wildman–Crippen MR) is 80.4 cm³/mol. The first-order valence-electron chi connectivity index (χ1n) is 7.63. The number of hydrogen-bond acceptors (Lipinski definition) is 2. The number of hydrogen-bond donors (Lipinski definition) is 1. The number of amides is 1. The number of rotatable bonds is 1. The number of fused-ring (bicyclic) bond motifs is 1. The van der Waals surface area contributed by atoms with E-state index < -0.39 is 0 Å². The molecule has 2 unspecified atom stereocenters. The number of benzene rings is 1. The number of piperidine rings is 1. The van der Waals surface area contributed by atoms with Crippen molar-refractivity contribution in [2.75, 3.05) is 6.54 Å². The molecule has 1 aromatic rings. The standard InChI is InChI=1S/C17H24N2O/c1-17(2,3)13-9-7-12(8-10-13)15-18-16(20)14-6-4-5-11-19(14)15/h7-10,14-15H,4-6,11H2,1-3H3,(H,18,20). The zero-order chi connectivity index (χ0) is 14.3. The molecule has 0 aliphatic carbocycles. The third-order valence-electron chi connectivity index (χ3n) is 4.55. The van der Waals surface area contributed by atoms with Crippen molar-refractivity contribution in [3.05, 3.63) is 35.4 Å². The molecule has 0 radical (unpaired) electrons. The summed E-state index contributed by atoms with van der Waals surface area (Å²) in [7, 11) is 0. The lowest BCUT2D eigenvalue weighted by Gasteiger charge is -2.31. The van der Waals surface area contributed by atoms with Crippen LogP contribution in [0.5, 0.6) is 0 Å². The maximum atomic E-state index is 12.1. The van der Waals surface area contributed by atoms with Gasteiger partial charge >= 0.3 is 0 Å².